The van der Waals surface area contributed by atoms with Crippen LogP contribution in [-0.2, 0) is 26.9 Å². The van der Waals surface area contributed by atoms with Crippen molar-refractivity contribution in [1.29, 1.82) is 0 Å². The molecule has 3 aliphatic carbocycles. The van der Waals surface area contributed by atoms with Crippen LogP contribution in [0.5, 0.6) is 5.75 Å². The van der Waals surface area contributed by atoms with Crippen LogP contribution in [0.3, 0.4) is 0 Å². The molecular formula is C29H34BNO7. The molecule has 1 amide bonds. The summed E-state index contributed by atoms with van der Waals surface area (Å²) >= 11 is 0. The third-order valence-electron chi connectivity index (χ3n) is 9.10. The highest BCUT2D eigenvalue weighted by Gasteiger charge is 2.68. The number of nitrogens with one attached hydrogen (secondary N) is 1. The van der Waals surface area contributed by atoms with E-state index in [0.717, 1.165) is 24.7 Å². The molecule has 2 bridgehead atoms. The molecule has 8 nitrogen and oxygen atoms in total. The van der Waals surface area contributed by atoms with Crippen molar-refractivity contribution in [2.45, 2.75) is 64.1 Å². The van der Waals surface area contributed by atoms with Crippen molar-refractivity contribution in [2.24, 2.45) is 17.3 Å². The Morgan fingerprint density at radius 3 is 2.55 bits per heavy atom. The van der Waals surface area contributed by atoms with Gasteiger partial charge in [0.25, 0.3) is 0 Å². The molecule has 4 fully saturated rings. The first-order chi connectivity index (χ1) is 18.1. The number of aromatic carboxylic acids is 1. The van der Waals surface area contributed by atoms with Crippen LogP contribution < -0.4 is 10.1 Å². The van der Waals surface area contributed by atoms with Crippen LogP contribution in [0.25, 0.3) is 0 Å². The van der Waals surface area contributed by atoms with Gasteiger partial charge in [0, 0.05) is 5.56 Å². The van der Waals surface area contributed by atoms with E-state index in [4.69, 9.17) is 14.0 Å². The Hall–Kier alpha value is -3.17. The number of carbonyl (C=O) groups is 3. The van der Waals surface area contributed by atoms with Gasteiger partial charge in [-0.05, 0) is 60.6 Å². The van der Waals surface area contributed by atoms with Gasteiger partial charge in [0.15, 0.2) is 0 Å². The number of carboxylic acids is 1. The second-order valence-electron chi connectivity index (χ2n) is 11.6. The standard InChI is InChI=1S/C29H34BNO7/c1-28(2)20-14-22(28)29(3)23(15-20)37-30(38-29)24(13-19-6-5-7-21(27(34)35)26(19)36-4)31-25(33)12-17-8-10-18(16-32)11-9-17/h5-11,16,20,22-24H,12-15H2,1-4H3,(H,31,33)(H,34,35). The highest BCUT2D eigenvalue weighted by molar-refractivity contribution is 6.48. The molecule has 3 saturated carbocycles. The van der Waals surface area contributed by atoms with Crippen molar-refractivity contribution in [1.82, 2.24) is 5.32 Å². The third-order valence-corrected chi connectivity index (χ3v) is 9.10. The number of hydrogen-bond donors (Lipinski definition) is 2. The number of aldehydes is 1. The number of carboxylic acid groups (broad SMARTS) is 1. The van der Waals surface area contributed by atoms with Crippen LogP contribution in [0.2, 0.25) is 0 Å². The monoisotopic (exact) mass is 519 g/mol. The van der Waals surface area contributed by atoms with Crippen molar-refractivity contribution >= 4 is 25.3 Å². The molecule has 9 heteroatoms. The first-order valence-electron chi connectivity index (χ1n) is 13.1. The second-order valence-corrected chi connectivity index (χ2v) is 11.6. The van der Waals surface area contributed by atoms with Crippen LogP contribution in [0.4, 0.5) is 0 Å². The van der Waals surface area contributed by atoms with Crippen molar-refractivity contribution < 1.29 is 33.5 Å². The molecule has 0 spiro atoms. The van der Waals surface area contributed by atoms with E-state index in [2.05, 4.69) is 26.1 Å². The van der Waals surface area contributed by atoms with Gasteiger partial charge in [-0.1, -0.05) is 50.2 Å². The van der Waals surface area contributed by atoms with E-state index in [-0.39, 0.29) is 41.6 Å². The zero-order chi connectivity index (χ0) is 27.2. The summed E-state index contributed by atoms with van der Waals surface area (Å²) in [5.74, 6) is -0.675. The first kappa shape index (κ1) is 26.4. The summed E-state index contributed by atoms with van der Waals surface area (Å²) in [4.78, 5) is 36.0. The zero-order valence-corrected chi connectivity index (χ0v) is 22.2. The summed E-state index contributed by atoms with van der Waals surface area (Å²) in [5.41, 5.74) is 1.74. The fourth-order valence-electron chi connectivity index (χ4n) is 6.84. The van der Waals surface area contributed by atoms with Gasteiger partial charge in [-0.25, -0.2) is 4.79 Å². The maximum Gasteiger partial charge on any atom is 0.482 e. The van der Waals surface area contributed by atoms with Gasteiger partial charge >= 0.3 is 13.1 Å². The number of rotatable bonds is 9. The predicted molar refractivity (Wildman–Crippen MR) is 141 cm³/mol. The third kappa shape index (κ3) is 4.52. The highest BCUT2D eigenvalue weighted by atomic mass is 16.7. The summed E-state index contributed by atoms with van der Waals surface area (Å²) in [6, 6.07) is 11.8. The number of carbonyl (C=O) groups excluding carboxylic acids is 2. The molecule has 38 heavy (non-hydrogen) atoms. The molecule has 0 aromatic heterocycles. The molecule has 4 aliphatic rings. The lowest BCUT2D eigenvalue weighted by molar-refractivity contribution is -0.199. The summed E-state index contributed by atoms with van der Waals surface area (Å²) in [5, 5.41) is 12.7. The van der Waals surface area contributed by atoms with Crippen LogP contribution in [0.15, 0.2) is 42.5 Å². The lowest BCUT2D eigenvalue weighted by atomic mass is 9.43. The fraction of sp³-hybridized carbons (Fsp3) is 0.483. The molecule has 200 valence electrons. The Kier molecular flexibility index (Phi) is 6.86. The summed E-state index contributed by atoms with van der Waals surface area (Å²) < 4.78 is 18.7. The fourth-order valence-corrected chi connectivity index (χ4v) is 6.84. The van der Waals surface area contributed by atoms with E-state index in [9.17, 15) is 19.5 Å². The SMILES string of the molecule is COc1c(CC(NC(=O)Cc2ccc(C=O)cc2)B2OC3CC4CC(C4(C)C)C3(C)O2)cccc1C(=O)O. The minimum Gasteiger partial charge on any atom is -0.496 e. The molecule has 2 N–H and O–H groups in total. The predicted octanol–water partition coefficient (Wildman–Crippen LogP) is 3.74. The molecule has 5 atom stereocenters. The van der Waals surface area contributed by atoms with E-state index >= 15 is 0 Å². The largest absolute Gasteiger partial charge is 0.496 e. The molecule has 2 aromatic rings. The van der Waals surface area contributed by atoms with Crippen LogP contribution in [0, 0.1) is 17.3 Å². The van der Waals surface area contributed by atoms with Gasteiger partial charge in [0.2, 0.25) is 5.91 Å². The van der Waals surface area contributed by atoms with Gasteiger partial charge in [-0.2, -0.15) is 0 Å². The van der Waals surface area contributed by atoms with Gasteiger partial charge in [0.05, 0.1) is 31.2 Å². The second kappa shape index (κ2) is 9.86. The molecule has 2 aromatic carbocycles. The number of methoxy groups -OCH3 is 1. The van der Waals surface area contributed by atoms with Gasteiger partial charge in [-0.3, -0.25) is 9.59 Å². The zero-order valence-electron chi connectivity index (χ0n) is 22.2. The quantitative estimate of drug-likeness (QED) is 0.384. The summed E-state index contributed by atoms with van der Waals surface area (Å²) in [7, 11) is 0.745. The maximum atomic E-state index is 13.2. The molecule has 1 saturated heterocycles. The number of amides is 1. The van der Waals surface area contributed by atoms with Gasteiger partial charge < -0.3 is 24.5 Å². The van der Waals surface area contributed by atoms with Crippen molar-refractivity contribution in [2.75, 3.05) is 7.11 Å². The maximum absolute atomic E-state index is 13.2. The minimum absolute atomic E-state index is 0.0572. The van der Waals surface area contributed by atoms with Crippen LogP contribution in [-0.4, -0.2) is 55.1 Å². The number of ether oxygens (including phenoxy) is 1. The lowest BCUT2D eigenvalue weighted by Crippen LogP contribution is -2.65. The van der Waals surface area contributed by atoms with E-state index < -0.39 is 24.6 Å². The van der Waals surface area contributed by atoms with E-state index in [1.807, 2.05) is 0 Å². The Morgan fingerprint density at radius 1 is 1.18 bits per heavy atom. The summed E-state index contributed by atoms with van der Waals surface area (Å²) in [6.45, 7) is 6.71. The molecule has 6 rings (SSSR count). The molecular weight excluding hydrogens is 485 g/mol. The number of hydrogen-bond acceptors (Lipinski definition) is 6. The Balaban J connectivity index is 1.41. The highest BCUT2D eigenvalue weighted by Crippen LogP contribution is 2.65. The Labute approximate surface area is 223 Å². The normalized spacial score (nSPS) is 27.6. The van der Waals surface area contributed by atoms with Crippen molar-refractivity contribution in [3.8, 4) is 5.75 Å². The molecule has 5 unspecified atom stereocenters. The minimum atomic E-state index is -1.09. The Bertz CT molecular complexity index is 1250. The van der Waals surface area contributed by atoms with Crippen molar-refractivity contribution in [3.63, 3.8) is 0 Å². The molecule has 1 heterocycles. The molecule has 0 radical (unpaired) electrons. The van der Waals surface area contributed by atoms with E-state index in [1.54, 1.807) is 36.4 Å². The average molecular weight is 519 g/mol. The average Bonchev–Trinajstić information content (AvgIpc) is 3.25. The van der Waals surface area contributed by atoms with Gasteiger partial charge in [-0.15, -0.1) is 0 Å². The smallest absolute Gasteiger partial charge is 0.482 e. The van der Waals surface area contributed by atoms with E-state index in [0.29, 0.717) is 23.0 Å². The van der Waals surface area contributed by atoms with Crippen LogP contribution in [0.1, 0.15) is 65.5 Å². The topological polar surface area (TPSA) is 111 Å². The first-order valence-corrected chi connectivity index (χ1v) is 13.1. The van der Waals surface area contributed by atoms with Gasteiger partial charge in [0.1, 0.15) is 17.6 Å². The lowest BCUT2D eigenvalue weighted by Gasteiger charge is -2.64. The number of benzene rings is 2. The van der Waals surface area contributed by atoms with Crippen molar-refractivity contribution in [3.05, 3.63) is 64.7 Å². The Morgan fingerprint density at radius 2 is 1.92 bits per heavy atom. The summed E-state index contributed by atoms with van der Waals surface area (Å²) in [6.07, 6.45) is 3.11. The number of para-hydroxylation sites is 1. The van der Waals surface area contributed by atoms with E-state index in [1.165, 1.54) is 13.2 Å². The molecule has 1 aliphatic heterocycles. The van der Waals surface area contributed by atoms with Crippen LogP contribution >= 0.6 is 0 Å².